The molecule has 338 valence electrons. The van der Waals surface area contributed by atoms with Crippen LogP contribution in [-0.2, 0) is 9.47 Å². The summed E-state index contributed by atoms with van der Waals surface area (Å²) in [6.07, 6.45) is 16.6. The highest BCUT2D eigenvalue weighted by Gasteiger charge is 2.49. The molecule has 27 nitrogen and oxygen atoms in total. The fourth-order valence-corrected chi connectivity index (χ4v) is 6.64. The van der Waals surface area contributed by atoms with Gasteiger partial charge in [0.25, 0.3) is 0 Å². The molecule has 8 aromatic heterocycles. The molecule has 2 aliphatic rings. The number of rotatable bonds is 4. The van der Waals surface area contributed by atoms with Crippen molar-refractivity contribution >= 4 is 108 Å². The van der Waals surface area contributed by atoms with Crippen molar-refractivity contribution in [2.24, 2.45) is 0 Å². The first-order valence-corrected chi connectivity index (χ1v) is 21.5. The van der Waals surface area contributed by atoms with Gasteiger partial charge >= 0.3 is 0 Å². The fraction of sp³-hybridized carbons (Fsp3) is 0.294. The van der Waals surface area contributed by atoms with Gasteiger partial charge in [0, 0.05) is 20.9 Å². The van der Waals surface area contributed by atoms with Gasteiger partial charge in [-0.1, -0.05) is 20.8 Å². The molecule has 0 radical (unpaired) electrons. The lowest BCUT2D eigenvalue weighted by Crippen LogP contribution is -2.41. The molecule has 2 saturated heterocycles. The molecular weight excluding hydrogens is 931 g/mol. The second kappa shape index (κ2) is 20.5. The monoisotopic (exact) mass is 967 g/mol. The average Bonchev–Trinajstić information content (AvgIpc) is 4.15. The van der Waals surface area contributed by atoms with Gasteiger partial charge < -0.3 is 62.8 Å². The second-order valence-corrected chi connectivity index (χ2v) is 15.0. The van der Waals surface area contributed by atoms with E-state index < -0.39 is 49.1 Å². The zero-order valence-electron chi connectivity index (χ0n) is 33.2. The summed E-state index contributed by atoms with van der Waals surface area (Å²) in [4.78, 5) is 52.7. The first-order valence-electron chi connectivity index (χ1n) is 18.2. The van der Waals surface area contributed by atoms with Crippen molar-refractivity contribution in [1.82, 2.24) is 78.9 Å². The fourth-order valence-electron chi connectivity index (χ4n) is 6.29. The first kappa shape index (κ1) is 47.9. The molecular formula is C34H37Cl2N21O6P2. The number of imidazole rings is 4. The van der Waals surface area contributed by atoms with Crippen molar-refractivity contribution < 1.29 is 29.9 Å². The van der Waals surface area contributed by atoms with Crippen LogP contribution in [0.15, 0.2) is 38.0 Å². The van der Waals surface area contributed by atoms with E-state index in [1.807, 2.05) is 0 Å². The van der Waals surface area contributed by atoms with Gasteiger partial charge in [-0.3, -0.25) is 14.3 Å². The minimum Gasteiger partial charge on any atom is -0.392 e. The highest BCUT2D eigenvalue weighted by atomic mass is 35.5. The predicted octanol–water partition coefficient (Wildman–Crippen LogP) is 0.767. The SMILES string of the molecule is C#C[C@]1(CO)O[C@@H](n2cnc3c(N)nc(Cl)nc32)C[C@@H]1O.C#C[C@]1(CO)O[C@@H](n2cnc3c(N)ncnc32)C[C@@H]1O.N=PP.Nc1nc(Cl)nc2nc[nH]c12.Nc1ncnc2nc[nH]c12. The van der Waals surface area contributed by atoms with Crippen LogP contribution in [0.2, 0.25) is 10.6 Å². The Kier molecular flexibility index (Phi) is 15.1. The summed E-state index contributed by atoms with van der Waals surface area (Å²) >= 11 is 11.3. The standard InChI is InChI=1S/C12H12ClN5O3.C12H13N5O3.C5H4ClN5.C5H5N5.H3NP2/c1-2-12(4-19)6(20)3-7(21-12)18-5-15-8-9(14)16-11(13)17-10(8)18;1-2-12(4-18)7(19)3-8(20-12)17-6-16-9-10(13)14-5-15-11(9)17;6-5-10-3(7)2-4(11-5)9-1-8-2;6-4-3-5(9-1-7-3)10-2-8-4;1-3-2/h1,5-7,19-20H,3-4H2,(H2,14,16,17);1,5-8,18-19H,3-4H2,(H2,13,14,15);1H,(H3,7,8,9,10,11);1-2H,(H3,6,7,8,9,10);1H,2H2/t6-,7+,12+;7-,8+,12+;;;/m00.../s1. The van der Waals surface area contributed by atoms with Gasteiger partial charge in [-0.05, 0) is 23.2 Å². The number of fused-ring (bicyclic) bond motifs is 4. The van der Waals surface area contributed by atoms with E-state index in [0.717, 1.165) is 0 Å². The first-order chi connectivity index (χ1) is 31.2. The van der Waals surface area contributed by atoms with Crippen molar-refractivity contribution in [2.45, 2.75) is 48.7 Å². The molecule has 1 unspecified atom stereocenters. The number of anilines is 4. The maximum atomic E-state index is 10.0. The molecule has 0 bridgehead atoms. The molecule has 0 saturated carbocycles. The van der Waals surface area contributed by atoms with E-state index in [1.54, 1.807) is 9.13 Å². The molecule has 15 N–H and O–H groups in total. The quantitative estimate of drug-likeness (QED) is 0.0659. The molecule has 10 heterocycles. The van der Waals surface area contributed by atoms with Crippen LogP contribution < -0.4 is 22.9 Å². The summed E-state index contributed by atoms with van der Waals surface area (Å²) < 4.78 is 14.4. The molecule has 2 fully saturated rings. The normalized spacial score (nSPS) is 22.2. The molecule has 2 aliphatic heterocycles. The lowest BCUT2D eigenvalue weighted by atomic mass is 9.99. The van der Waals surface area contributed by atoms with Crippen molar-refractivity contribution in [3.8, 4) is 24.7 Å². The number of halogens is 2. The number of aliphatic hydroxyl groups is 4. The van der Waals surface area contributed by atoms with E-state index in [0.29, 0.717) is 64.4 Å². The van der Waals surface area contributed by atoms with Gasteiger partial charge in [0.2, 0.25) is 10.6 Å². The number of aromatic amines is 2. The van der Waals surface area contributed by atoms with E-state index in [-0.39, 0.29) is 35.0 Å². The Morgan fingerprint density at radius 3 is 1.72 bits per heavy atom. The van der Waals surface area contributed by atoms with Gasteiger partial charge in [-0.15, -0.1) is 12.8 Å². The third-order valence-electron chi connectivity index (χ3n) is 9.54. The summed E-state index contributed by atoms with van der Waals surface area (Å²) in [6.45, 7) is -0.962. The lowest BCUT2D eigenvalue weighted by Gasteiger charge is -2.23. The zero-order valence-corrected chi connectivity index (χ0v) is 36.8. The molecule has 31 heteroatoms. The number of ether oxygens (including phenoxy) is 2. The third-order valence-corrected chi connectivity index (χ3v) is 9.88. The number of nitrogens with one attached hydrogen (secondary N) is 3. The number of nitrogens with two attached hydrogens (primary N) is 4. The lowest BCUT2D eigenvalue weighted by molar-refractivity contribution is -0.0891. The van der Waals surface area contributed by atoms with Crippen LogP contribution in [0, 0.1) is 29.8 Å². The van der Waals surface area contributed by atoms with Crippen LogP contribution in [0.1, 0.15) is 25.3 Å². The summed E-state index contributed by atoms with van der Waals surface area (Å²) in [6, 6.07) is 0. The van der Waals surface area contributed by atoms with Crippen molar-refractivity contribution in [2.75, 3.05) is 36.1 Å². The van der Waals surface area contributed by atoms with Crippen LogP contribution in [-0.4, -0.2) is 136 Å². The largest absolute Gasteiger partial charge is 0.392 e. The number of aromatic nitrogens is 16. The highest BCUT2D eigenvalue weighted by molar-refractivity contribution is 7.96. The molecule has 0 spiro atoms. The summed E-state index contributed by atoms with van der Waals surface area (Å²) in [5, 5.41) is 45.0. The average molecular weight is 969 g/mol. The third kappa shape index (κ3) is 9.90. The van der Waals surface area contributed by atoms with Crippen molar-refractivity contribution in [1.29, 1.82) is 5.16 Å². The van der Waals surface area contributed by atoms with E-state index >= 15 is 0 Å². The van der Waals surface area contributed by atoms with E-state index in [1.165, 1.54) is 38.0 Å². The Hall–Kier alpha value is -6.61. The number of H-pyrrole nitrogens is 2. The summed E-state index contributed by atoms with van der Waals surface area (Å²) in [5.41, 5.74) is 23.7. The maximum Gasteiger partial charge on any atom is 0.226 e. The minimum atomic E-state index is -1.44. The Morgan fingerprint density at radius 2 is 1.18 bits per heavy atom. The van der Waals surface area contributed by atoms with E-state index in [2.05, 4.69) is 90.5 Å². The second-order valence-electron chi connectivity index (χ2n) is 13.3. The van der Waals surface area contributed by atoms with Crippen LogP contribution in [0.5, 0.6) is 0 Å². The van der Waals surface area contributed by atoms with E-state index in [9.17, 15) is 20.4 Å². The smallest absolute Gasteiger partial charge is 0.226 e. The Morgan fingerprint density at radius 1 is 0.708 bits per heavy atom. The topological polar surface area (TPSA) is 423 Å². The summed E-state index contributed by atoms with van der Waals surface area (Å²) in [5.74, 6) is 5.77. The number of aliphatic hydroxyl groups excluding tert-OH is 4. The minimum absolute atomic E-state index is 0.0225. The molecule has 10 rings (SSSR count). The van der Waals surface area contributed by atoms with Crippen molar-refractivity contribution in [3.05, 3.63) is 48.5 Å². The maximum absolute atomic E-state index is 10.0. The number of hydrogen-bond acceptors (Lipinski definition) is 23. The number of terminal acetylenes is 2. The highest BCUT2D eigenvalue weighted by Crippen LogP contribution is 2.39. The Labute approximate surface area is 379 Å². The van der Waals surface area contributed by atoms with Crippen LogP contribution in [0.4, 0.5) is 23.3 Å². The molecule has 0 aromatic carbocycles. The van der Waals surface area contributed by atoms with Crippen LogP contribution >= 0.6 is 40.2 Å². The van der Waals surface area contributed by atoms with Crippen molar-refractivity contribution in [3.63, 3.8) is 0 Å². The molecule has 0 aliphatic carbocycles. The van der Waals surface area contributed by atoms with Gasteiger partial charge in [-0.2, -0.15) is 19.9 Å². The molecule has 7 atom stereocenters. The predicted molar refractivity (Wildman–Crippen MR) is 240 cm³/mol. The summed E-state index contributed by atoms with van der Waals surface area (Å²) in [7, 11) is 2.80. The van der Waals surface area contributed by atoms with Gasteiger partial charge in [0.05, 0.1) is 38.5 Å². The van der Waals surface area contributed by atoms with Gasteiger partial charge in [-0.25, -0.2) is 39.9 Å². The molecule has 65 heavy (non-hydrogen) atoms. The number of nitrogen functional groups attached to an aromatic ring is 4. The molecule has 8 aromatic rings. The van der Waals surface area contributed by atoms with Gasteiger partial charge in [0.15, 0.2) is 57.1 Å². The number of nitrogens with zero attached hydrogens (tertiary/aromatic N) is 14. The zero-order chi connectivity index (χ0) is 47.1. The van der Waals surface area contributed by atoms with Crippen LogP contribution in [0.25, 0.3) is 44.7 Å². The van der Waals surface area contributed by atoms with E-state index in [4.69, 9.17) is 73.6 Å². The Balaban J connectivity index is 0.000000147. The number of hydrogen-bond donors (Lipinski definition) is 11. The molecule has 0 amide bonds. The van der Waals surface area contributed by atoms with Crippen LogP contribution in [0.3, 0.4) is 0 Å². The Bertz CT molecular complexity index is 3030. The van der Waals surface area contributed by atoms with Gasteiger partial charge in [0.1, 0.15) is 59.4 Å².